The second kappa shape index (κ2) is 7.25. The van der Waals surface area contributed by atoms with Crippen LogP contribution in [0.1, 0.15) is 52.4 Å². The number of hydrogen-bond acceptors (Lipinski definition) is 3. The Morgan fingerprint density at radius 3 is 2.44 bits per heavy atom. The lowest BCUT2D eigenvalue weighted by Crippen LogP contribution is -2.53. The van der Waals surface area contributed by atoms with Crippen molar-refractivity contribution in [3.8, 4) is 0 Å². The van der Waals surface area contributed by atoms with Gasteiger partial charge in [0.1, 0.15) is 0 Å². The zero-order valence-corrected chi connectivity index (χ0v) is 10.9. The zero-order valence-electron chi connectivity index (χ0n) is 10.9. The molecule has 16 heavy (non-hydrogen) atoms. The molecule has 3 heteroatoms. The maximum absolute atomic E-state index is 5.96. The van der Waals surface area contributed by atoms with Crippen molar-refractivity contribution in [3.63, 3.8) is 0 Å². The van der Waals surface area contributed by atoms with Gasteiger partial charge in [-0.1, -0.05) is 26.7 Å². The summed E-state index contributed by atoms with van der Waals surface area (Å²) in [5.41, 5.74) is 6.11. The Morgan fingerprint density at radius 2 is 2.00 bits per heavy atom. The summed E-state index contributed by atoms with van der Waals surface area (Å²) in [7, 11) is 0. The molecule has 3 N–H and O–H groups in total. The average molecular weight is 228 g/mol. The van der Waals surface area contributed by atoms with Crippen LogP contribution in [-0.4, -0.2) is 31.3 Å². The van der Waals surface area contributed by atoms with Gasteiger partial charge in [-0.15, -0.1) is 0 Å². The van der Waals surface area contributed by atoms with E-state index in [9.17, 15) is 0 Å². The predicted molar refractivity (Wildman–Crippen MR) is 68.6 cm³/mol. The fourth-order valence-corrected chi connectivity index (χ4v) is 2.67. The molecule has 1 heterocycles. The minimum Gasteiger partial charge on any atom is -0.377 e. The first-order valence-electron chi connectivity index (χ1n) is 6.83. The van der Waals surface area contributed by atoms with E-state index in [4.69, 9.17) is 10.5 Å². The van der Waals surface area contributed by atoms with Crippen LogP contribution in [0.4, 0.5) is 0 Å². The van der Waals surface area contributed by atoms with Crippen molar-refractivity contribution >= 4 is 0 Å². The summed E-state index contributed by atoms with van der Waals surface area (Å²) in [4.78, 5) is 0. The van der Waals surface area contributed by atoms with Crippen LogP contribution >= 0.6 is 0 Å². The number of ether oxygens (including phenoxy) is 1. The lowest BCUT2D eigenvalue weighted by Gasteiger charge is -2.34. The Balaban J connectivity index is 2.40. The standard InChI is InChI=1S/C13H28N2O/c1-3-7-13(11-14,8-4-2)15-10-12-6-5-9-16-12/h12,15H,3-11,14H2,1-2H3. The monoisotopic (exact) mass is 228 g/mol. The molecule has 0 radical (unpaired) electrons. The highest BCUT2D eigenvalue weighted by Gasteiger charge is 2.27. The van der Waals surface area contributed by atoms with E-state index in [1.54, 1.807) is 0 Å². The molecule has 1 unspecified atom stereocenters. The SMILES string of the molecule is CCCC(CN)(CCC)NCC1CCCO1. The fraction of sp³-hybridized carbons (Fsp3) is 1.00. The molecule has 96 valence electrons. The van der Waals surface area contributed by atoms with Crippen LogP contribution in [0.5, 0.6) is 0 Å². The summed E-state index contributed by atoms with van der Waals surface area (Å²) >= 11 is 0. The first-order chi connectivity index (χ1) is 7.76. The van der Waals surface area contributed by atoms with Crippen molar-refractivity contribution in [3.05, 3.63) is 0 Å². The topological polar surface area (TPSA) is 47.3 Å². The molecule has 1 atom stereocenters. The normalized spacial score (nSPS) is 21.6. The molecule has 3 nitrogen and oxygen atoms in total. The van der Waals surface area contributed by atoms with Crippen LogP contribution in [0, 0.1) is 0 Å². The third-order valence-electron chi connectivity index (χ3n) is 3.58. The van der Waals surface area contributed by atoms with E-state index in [1.165, 1.54) is 38.5 Å². The Labute approximate surface area is 100 Å². The third-order valence-corrected chi connectivity index (χ3v) is 3.58. The van der Waals surface area contributed by atoms with Crippen LogP contribution in [-0.2, 0) is 4.74 Å². The van der Waals surface area contributed by atoms with Crippen molar-refractivity contribution < 1.29 is 4.74 Å². The van der Waals surface area contributed by atoms with E-state index in [1.807, 2.05) is 0 Å². The summed E-state index contributed by atoms with van der Waals surface area (Å²) in [6.07, 6.45) is 7.55. The van der Waals surface area contributed by atoms with Crippen LogP contribution < -0.4 is 11.1 Å². The quantitative estimate of drug-likeness (QED) is 0.668. The van der Waals surface area contributed by atoms with Crippen LogP contribution in [0.3, 0.4) is 0 Å². The van der Waals surface area contributed by atoms with Crippen LogP contribution in [0.2, 0.25) is 0 Å². The predicted octanol–water partition coefficient (Wildman–Crippen LogP) is 2.05. The van der Waals surface area contributed by atoms with E-state index < -0.39 is 0 Å². The molecule has 1 aliphatic heterocycles. The smallest absolute Gasteiger partial charge is 0.0700 e. The van der Waals surface area contributed by atoms with Crippen molar-refractivity contribution in [2.75, 3.05) is 19.7 Å². The molecule has 0 bridgehead atoms. The number of nitrogens with one attached hydrogen (secondary N) is 1. The zero-order chi connectivity index (χ0) is 11.9. The van der Waals surface area contributed by atoms with Gasteiger partial charge in [-0.3, -0.25) is 0 Å². The molecule has 0 saturated carbocycles. The Kier molecular flexibility index (Phi) is 6.32. The maximum Gasteiger partial charge on any atom is 0.0700 e. The molecular formula is C13H28N2O. The molecule has 0 aromatic carbocycles. The molecule has 1 rings (SSSR count). The van der Waals surface area contributed by atoms with Crippen molar-refractivity contribution in [1.82, 2.24) is 5.32 Å². The molecule has 1 fully saturated rings. The van der Waals surface area contributed by atoms with Gasteiger partial charge in [-0.2, -0.15) is 0 Å². The Hall–Kier alpha value is -0.120. The molecule has 1 aliphatic rings. The highest BCUT2D eigenvalue weighted by Crippen LogP contribution is 2.20. The summed E-state index contributed by atoms with van der Waals surface area (Å²) in [6.45, 7) is 7.10. The Morgan fingerprint density at radius 1 is 1.31 bits per heavy atom. The van der Waals surface area contributed by atoms with Gasteiger partial charge in [0.05, 0.1) is 6.10 Å². The van der Waals surface area contributed by atoms with E-state index in [0.717, 1.165) is 19.7 Å². The lowest BCUT2D eigenvalue weighted by molar-refractivity contribution is 0.0983. The van der Waals surface area contributed by atoms with Crippen LogP contribution in [0.15, 0.2) is 0 Å². The van der Waals surface area contributed by atoms with Gasteiger partial charge in [-0.05, 0) is 25.7 Å². The first-order valence-corrected chi connectivity index (χ1v) is 6.83. The fourth-order valence-electron chi connectivity index (χ4n) is 2.67. The average Bonchev–Trinajstić information content (AvgIpc) is 2.79. The van der Waals surface area contributed by atoms with Crippen molar-refractivity contribution in [2.45, 2.75) is 64.0 Å². The van der Waals surface area contributed by atoms with Gasteiger partial charge in [0.15, 0.2) is 0 Å². The molecule has 0 amide bonds. The summed E-state index contributed by atoms with van der Waals surface area (Å²) in [5.74, 6) is 0. The Bertz CT molecular complexity index is 173. The van der Waals surface area contributed by atoms with Gasteiger partial charge in [0.25, 0.3) is 0 Å². The van der Waals surface area contributed by atoms with Gasteiger partial charge in [0, 0.05) is 25.2 Å². The van der Waals surface area contributed by atoms with E-state index in [2.05, 4.69) is 19.2 Å². The van der Waals surface area contributed by atoms with Gasteiger partial charge in [0.2, 0.25) is 0 Å². The largest absolute Gasteiger partial charge is 0.377 e. The first kappa shape index (κ1) is 13.9. The highest BCUT2D eigenvalue weighted by atomic mass is 16.5. The molecule has 0 aromatic rings. The molecule has 0 spiro atoms. The maximum atomic E-state index is 5.96. The second-order valence-electron chi connectivity index (χ2n) is 5.00. The van der Waals surface area contributed by atoms with E-state index in [-0.39, 0.29) is 5.54 Å². The number of rotatable bonds is 8. The molecule has 0 aromatic heterocycles. The van der Waals surface area contributed by atoms with Gasteiger partial charge >= 0.3 is 0 Å². The van der Waals surface area contributed by atoms with E-state index in [0.29, 0.717) is 6.10 Å². The number of nitrogens with two attached hydrogens (primary N) is 1. The second-order valence-corrected chi connectivity index (χ2v) is 5.00. The van der Waals surface area contributed by atoms with Crippen molar-refractivity contribution in [1.29, 1.82) is 0 Å². The van der Waals surface area contributed by atoms with Crippen LogP contribution in [0.25, 0.3) is 0 Å². The lowest BCUT2D eigenvalue weighted by atomic mass is 9.88. The van der Waals surface area contributed by atoms with E-state index >= 15 is 0 Å². The third kappa shape index (κ3) is 4.04. The molecule has 1 saturated heterocycles. The number of hydrogen-bond donors (Lipinski definition) is 2. The van der Waals surface area contributed by atoms with Gasteiger partial charge in [-0.25, -0.2) is 0 Å². The molecule has 0 aliphatic carbocycles. The molecular weight excluding hydrogens is 200 g/mol. The summed E-state index contributed by atoms with van der Waals surface area (Å²) in [6, 6.07) is 0. The minimum atomic E-state index is 0.148. The highest BCUT2D eigenvalue weighted by molar-refractivity contribution is 4.89. The summed E-state index contributed by atoms with van der Waals surface area (Å²) < 4.78 is 5.65. The summed E-state index contributed by atoms with van der Waals surface area (Å²) in [5, 5.41) is 3.68. The van der Waals surface area contributed by atoms with Crippen molar-refractivity contribution in [2.24, 2.45) is 5.73 Å². The van der Waals surface area contributed by atoms with Gasteiger partial charge < -0.3 is 15.8 Å². The minimum absolute atomic E-state index is 0.148.